The van der Waals surface area contributed by atoms with Crippen LogP contribution in [0.25, 0.3) is 0 Å². The van der Waals surface area contributed by atoms with Crippen molar-refractivity contribution in [1.29, 1.82) is 0 Å². The molecule has 0 unspecified atom stereocenters. The second-order valence-corrected chi connectivity index (χ2v) is 9.72. The molecule has 2 N–H and O–H groups in total. The van der Waals surface area contributed by atoms with Crippen LogP contribution >= 0.6 is 0 Å². The summed E-state index contributed by atoms with van der Waals surface area (Å²) in [4.78, 5) is 41.8. The van der Waals surface area contributed by atoms with E-state index in [1.807, 2.05) is 0 Å². The molecule has 39 heavy (non-hydrogen) atoms. The summed E-state index contributed by atoms with van der Waals surface area (Å²) in [6.07, 6.45) is -5.93. The maximum absolute atomic E-state index is 14.1. The lowest BCUT2D eigenvalue weighted by atomic mass is 9.86. The van der Waals surface area contributed by atoms with E-state index in [4.69, 9.17) is 5.11 Å². The number of carbonyl (C=O) groups excluding carboxylic acids is 2. The summed E-state index contributed by atoms with van der Waals surface area (Å²) < 4.78 is 69.3. The first-order valence-corrected chi connectivity index (χ1v) is 12.4. The highest BCUT2D eigenvalue weighted by molar-refractivity contribution is 5.95. The highest BCUT2D eigenvalue weighted by Crippen LogP contribution is 2.41. The number of alkyl halides is 3. The number of likely N-dealkylation sites (tertiary alicyclic amines) is 1. The van der Waals surface area contributed by atoms with Crippen molar-refractivity contribution in [2.75, 3.05) is 39.3 Å². The van der Waals surface area contributed by atoms with Gasteiger partial charge in [0.15, 0.2) is 17.3 Å². The van der Waals surface area contributed by atoms with Gasteiger partial charge in [0.2, 0.25) is 0 Å². The van der Waals surface area contributed by atoms with E-state index in [-0.39, 0.29) is 63.4 Å². The molecule has 0 saturated carbocycles. The molecule has 0 bridgehead atoms. The average molecular weight is 556 g/mol. The highest BCUT2D eigenvalue weighted by atomic mass is 19.4. The van der Waals surface area contributed by atoms with Gasteiger partial charge in [0.05, 0.1) is 11.3 Å². The van der Waals surface area contributed by atoms with Crippen LogP contribution in [-0.2, 0) is 19.3 Å². The first-order valence-electron chi connectivity index (χ1n) is 12.4. The van der Waals surface area contributed by atoms with Crippen molar-refractivity contribution in [3.63, 3.8) is 0 Å². The summed E-state index contributed by atoms with van der Waals surface area (Å²) in [5, 5.41) is 16.5. The molecule has 2 aromatic rings. The molecule has 0 radical (unpaired) electrons. The predicted octanol–water partition coefficient (Wildman–Crippen LogP) is 3.07. The molecule has 15 heteroatoms. The Kier molecular flexibility index (Phi) is 6.95. The summed E-state index contributed by atoms with van der Waals surface area (Å²) in [5.74, 6) is -4.70. The van der Waals surface area contributed by atoms with Gasteiger partial charge in [0.25, 0.3) is 5.91 Å². The number of nitrogens with one attached hydrogen (secondary N) is 1. The lowest BCUT2D eigenvalue weighted by molar-refractivity contribution is -0.141. The molecule has 5 rings (SSSR count). The van der Waals surface area contributed by atoms with Crippen LogP contribution in [-0.4, -0.2) is 86.9 Å². The van der Waals surface area contributed by atoms with Crippen molar-refractivity contribution in [3.05, 3.63) is 51.8 Å². The average Bonchev–Trinajstić information content (AvgIpc) is 3.52. The Morgan fingerprint density at radius 2 is 1.56 bits per heavy atom. The first-order chi connectivity index (χ1) is 18.5. The number of piperidine rings is 1. The quantitative estimate of drug-likeness (QED) is 0.551. The number of carbonyl (C=O) groups is 3. The third kappa shape index (κ3) is 4.90. The van der Waals surface area contributed by atoms with Crippen LogP contribution in [0.1, 0.15) is 51.6 Å². The van der Waals surface area contributed by atoms with E-state index in [1.165, 1.54) is 14.7 Å². The van der Waals surface area contributed by atoms with Crippen LogP contribution < -0.4 is 5.32 Å². The molecule has 3 amide bonds. The zero-order chi connectivity index (χ0) is 28.1. The number of rotatable bonds is 2. The van der Waals surface area contributed by atoms with Crippen LogP contribution in [0.5, 0.6) is 0 Å². The lowest BCUT2D eigenvalue weighted by Crippen LogP contribution is -2.51. The topological polar surface area (TPSA) is 111 Å². The molecule has 4 heterocycles. The van der Waals surface area contributed by atoms with Gasteiger partial charge in [-0.1, -0.05) is 6.07 Å². The number of carboxylic acid groups (broad SMARTS) is 1. The van der Waals surface area contributed by atoms with Crippen LogP contribution in [0.2, 0.25) is 0 Å². The van der Waals surface area contributed by atoms with E-state index >= 15 is 0 Å². The molecule has 10 nitrogen and oxygen atoms in total. The van der Waals surface area contributed by atoms with Gasteiger partial charge in [-0.15, -0.1) is 0 Å². The Hall–Kier alpha value is -3.75. The molecule has 3 aliphatic rings. The number of aromatic nitrogens is 2. The van der Waals surface area contributed by atoms with Gasteiger partial charge in [-0.2, -0.15) is 23.0 Å². The molecular formula is C24H25F5N6O4. The minimum Gasteiger partial charge on any atom is -0.465 e. The molecule has 0 spiro atoms. The van der Waals surface area contributed by atoms with Crippen LogP contribution in [0, 0.1) is 11.6 Å². The van der Waals surface area contributed by atoms with Gasteiger partial charge < -0.3 is 25.1 Å². The third-order valence-electron chi connectivity index (χ3n) is 7.52. The van der Waals surface area contributed by atoms with E-state index in [9.17, 15) is 36.3 Å². The summed E-state index contributed by atoms with van der Waals surface area (Å²) in [6.45, 7) is 1.39. The van der Waals surface area contributed by atoms with Crippen LogP contribution in [0.4, 0.5) is 31.5 Å². The Morgan fingerprint density at radius 3 is 2.18 bits per heavy atom. The zero-order valence-corrected chi connectivity index (χ0v) is 20.6. The van der Waals surface area contributed by atoms with Crippen molar-refractivity contribution in [1.82, 2.24) is 29.8 Å². The van der Waals surface area contributed by atoms with Gasteiger partial charge in [-0.25, -0.2) is 18.4 Å². The molecular weight excluding hydrogens is 531 g/mol. The summed E-state index contributed by atoms with van der Waals surface area (Å²) >= 11 is 0. The summed E-state index contributed by atoms with van der Waals surface area (Å²) in [5.41, 5.74) is -0.807. The number of fused-ring (bicyclic) bond motifs is 1. The van der Waals surface area contributed by atoms with E-state index in [2.05, 4.69) is 10.4 Å². The standard InChI is InChI=1S/C24H25F5N6O4/c25-16-2-1-14(18(19(16)26)24(27,28)29)13-3-5-32(6-4-13)21(36)20-15-11-30-12-17(15)35(31-20)22(37)33-7-9-34(10-8-33)23(38)39/h1-2,13,30H,3-12H2,(H,38,39). The fourth-order valence-corrected chi connectivity index (χ4v) is 5.45. The zero-order valence-electron chi connectivity index (χ0n) is 20.6. The van der Waals surface area contributed by atoms with Crippen LogP contribution in [0.15, 0.2) is 12.1 Å². The Morgan fingerprint density at radius 1 is 0.923 bits per heavy atom. The minimum absolute atomic E-state index is 0.0646. The third-order valence-corrected chi connectivity index (χ3v) is 7.52. The second kappa shape index (κ2) is 10.1. The van der Waals surface area contributed by atoms with Crippen molar-refractivity contribution >= 4 is 18.0 Å². The Bertz CT molecular complexity index is 1310. The summed E-state index contributed by atoms with van der Waals surface area (Å²) in [7, 11) is 0. The largest absolute Gasteiger partial charge is 0.465 e. The molecule has 2 saturated heterocycles. The maximum Gasteiger partial charge on any atom is 0.419 e. The molecule has 3 aliphatic heterocycles. The smallest absolute Gasteiger partial charge is 0.419 e. The Labute approximate surface area is 218 Å². The SMILES string of the molecule is O=C(O)N1CCN(C(=O)n2nc(C(=O)N3CCC(c4ccc(F)c(F)c4C(F)(F)F)CC3)c3c2CNC3)CC1. The number of nitrogens with zero attached hydrogens (tertiary/aromatic N) is 5. The van der Waals surface area contributed by atoms with Gasteiger partial charge in [0.1, 0.15) is 0 Å². The van der Waals surface area contributed by atoms with Gasteiger partial charge >= 0.3 is 18.3 Å². The number of hydrogen-bond acceptors (Lipinski definition) is 5. The van der Waals surface area contributed by atoms with Gasteiger partial charge in [-0.3, -0.25) is 4.79 Å². The van der Waals surface area contributed by atoms with E-state index in [1.54, 1.807) is 0 Å². The van der Waals surface area contributed by atoms with Crippen molar-refractivity contribution in [3.8, 4) is 0 Å². The van der Waals surface area contributed by atoms with E-state index < -0.39 is 47.3 Å². The maximum atomic E-state index is 14.1. The first kappa shape index (κ1) is 26.8. The monoisotopic (exact) mass is 556 g/mol. The normalized spacial score (nSPS) is 18.4. The number of hydrogen-bond donors (Lipinski definition) is 2. The molecule has 2 fully saturated rings. The molecule has 0 aliphatic carbocycles. The van der Waals surface area contributed by atoms with E-state index in [0.717, 1.165) is 10.7 Å². The number of piperazine rings is 1. The molecule has 210 valence electrons. The second-order valence-electron chi connectivity index (χ2n) is 9.72. The molecule has 0 atom stereocenters. The fourth-order valence-electron chi connectivity index (χ4n) is 5.45. The van der Waals surface area contributed by atoms with E-state index in [0.29, 0.717) is 30.4 Å². The van der Waals surface area contributed by atoms with Crippen molar-refractivity contribution < 1.29 is 41.4 Å². The summed E-state index contributed by atoms with van der Waals surface area (Å²) in [6, 6.07) is 1.15. The van der Waals surface area contributed by atoms with Gasteiger partial charge in [-0.05, 0) is 30.4 Å². The number of amides is 3. The number of halogens is 5. The van der Waals surface area contributed by atoms with Crippen molar-refractivity contribution in [2.24, 2.45) is 0 Å². The van der Waals surface area contributed by atoms with Crippen molar-refractivity contribution in [2.45, 2.75) is 38.0 Å². The fraction of sp³-hybridized carbons (Fsp3) is 0.500. The predicted molar refractivity (Wildman–Crippen MR) is 124 cm³/mol. The Balaban J connectivity index is 1.31. The minimum atomic E-state index is -5.07. The highest BCUT2D eigenvalue weighted by Gasteiger charge is 2.41. The lowest BCUT2D eigenvalue weighted by Gasteiger charge is -2.33. The van der Waals surface area contributed by atoms with Gasteiger partial charge in [0, 0.05) is 57.9 Å². The molecule has 1 aromatic heterocycles. The number of benzene rings is 1. The molecule has 1 aromatic carbocycles. The van der Waals surface area contributed by atoms with Crippen LogP contribution in [0.3, 0.4) is 0 Å².